The fourth-order valence-corrected chi connectivity index (χ4v) is 2.57. The molecule has 144 valence electrons. The summed E-state index contributed by atoms with van der Waals surface area (Å²) in [5, 5.41) is 30.8. The minimum Gasteiger partial charge on any atom is -0.334 e. The number of rotatable bonds is 5. The Bertz CT molecular complexity index is 998. The number of nitrogens with one attached hydrogen (secondary N) is 3. The molecular weight excluding hydrogens is 435 g/mol. The predicted molar refractivity (Wildman–Crippen MR) is 102 cm³/mol. The summed E-state index contributed by atoms with van der Waals surface area (Å²) in [4.78, 5) is 12.1. The van der Waals surface area contributed by atoms with Gasteiger partial charge in [-0.2, -0.15) is 0 Å². The highest BCUT2D eigenvalue weighted by Crippen LogP contribution is 2.24. The van der Waals surface area contributed by atoms with Crippen molar-refractivity contribution in [1.82, 2.24) is 15.6 Å². The third-order valence-corrected chi connectivity index (χ3v) is 4.21. The van der Waals surface area contributed by atoms with Gasteiger partial charge in [-0.05, 0) is 50.0 Å². The summed E-state index contributed by atoms with van der Waals surface area (Å²) in [5.74, 6) is -1.21. The number of carbonyl (C=O) groups is 1. The highest BCUT2D eigenvalue weighted by atomic mass is 79.9. The van der Waals surface area contributed by atoms with Gasteiger partial charge in [0.25, 0.3) is 0 Å². The lowest BCUT2D eigenvalue weighted by Crippen LogP contribution is -2.31. The Labute approximate surface area is 166 Å². The number of hydrogen-bond donors (Lipinski definition) is 4. The first kappa shape index (κ1) is 19.5. The van der Waals surface area contributed by atoms with Gasteiger partial charge >= 0.3 is 6.03 Å². The second-order valence-electron chi connectivity index (χ2n) is 5.51. The molecular formula is C17H14BrFN6O3. The average Bonchev–Trinajstić information content (AvgIpc) is 3.16. The molecule has 4 N–H and O–H groups in total. The summed E-state index contributed by atoms with van der Waals surface area (Å²) in [7, 11) is 0. The van der Waals surface area contributed by atoms with Crippen molar-refractivity contribution in [1.29, 1.82) is 5.41 Å². The van der Waals surface area contributed by atoms with Gasteiger partial charge in [-0.25, -0.2) is 18.9 Å². The van der Waals surface area contributed by atoms with Crippen molar-refractivity contribution in [2.24, 2.45) is 0 Å². The zero-order chi connectivity index (χ0) is 20.1. The first-order valence-electron chi connectivity index (χ1n) is 7.90. The van der Waals surface area contributed by atoms with E-state index >= 15 is 0 Å². The smallest absolute Gasteiger partial charge is 0.320 e. The molecule has 0 radical (unpaired) electrons. The van der Waals surface area contributed by atoms with Crippen LogP contribution in [0.4, 0.5) is 20.7 Å². The zero-order valence-electron chi connectivity index (χ0n) is 14.2. The molecule has 2 amide bonds. The molecule has 3 aromatic rings. The van der Waals surface area contributed by atoms with Crippen molar-refractivity contribution in [2.75, 3.05) is 10.4 Å². The highest BCUT2D eigenvalue weighted by molar-refractivity contribution is 9.10. The Hall–Kier alpha value is -3.31. The quantitative estimate of drug-likeness (QED) is 0.268. The van der Waals surface area contributed by atoms with E-state index in [2.05, 4.69) is 41.5 Å². The van der Waals surface area contributed by atoms with Crippen molar-refractivity contribution < 1.29 is 19.0 Å². The fraction of sp³-hybridized carbons (Fsp3) is 0.0588. The number of amides is 2. The van der Waals surface area contributed by atoms with Crippen molar-refractivity contribution in [3.63, 3.8) is 0 Å². The molecule has 0 bridgehead atoms. The standard InChI is InChI=1S/C17H14BrFN6O3/c18-12-8-11(6-7-13(12)19)25(27)15(20)14-16(24-28-23-14)22-17(26)21-9-10-4-2-1-3-5-10/h1-8,20,27H,9H2,(H2,21,22,24,26). The lowest BCUT2D eigenvalue weighted by molar-refractivity contribution is 0.251. The van der Waals surface area contributed by atoms with Crippen LogP contribution in [0.25, 0.3) is 0 Å². The second kappa shape index (κ2) is 8.59. The van der Waals surface area contributed by atoms with Crippen LogP contribution in [0.5, 0.6) is 0 Å². The maximum Gasteiger partial charge on any atom is 0.320 e. The number of anilines is 2. The molecule has 1 aromatic heterocycles. The number of nitrogens with zero attached hydrogens (tertiary/aromatic N) is 3. The van der Waals surface area contributed by atoms with Crippen LogP contribution in [0.3, 0.4) is 0 Å². The van der Waals surface area contributed by atoms with Gasteiger partial charge in [-0.15, -0.1) is 0 Å². The third kappa shape index (κ3) is 4.50. The number of halogens is 2. The number of aromatic nitrogens is 2. The molecule has 0 saturated carbocycles. The zero-order valence-corrected chi connectivity index (χ0v) is 15.8. The lowest BCUT2D eigenvalue weighted by atomic mass is 10.2. The van der Waals surface area contributed by atoms with Gasteiger partial charge in [-0.1, -0.05) is 30.3 Å². The molecule has 1 heterocycles. The number of benzene rings is 2. The SMILES string of the molecule is N=C(c1nonc1NC(=O)NCc1ccccc1)N(O)c1ccc(F)c(Br)c1. The van der Waals surface area contributed by atoms with Crippen LogP contribution in [0, 0.1) is 11.2 Å². The van der Waals surface area contributed by atoms with Crippen LogP contribution >= 0.6 is 15.9 Å². The first-order valence-corrected chi connectivity index (χ1v) is 8.69. The molecule has 0 aliphatic rings. The van der Waals surface area contributed by atoms with E-state index in [1.54, 1.807) is 0 Å². The largest absolute Gasteiger partial charge is 0.334 e. The van der Waals surface area contributed by atoms with Gasteiger partial charge in [-0.3, -0.25) is 15.9 Å². The summed E-state index contributed by atoms with van der Waals surface area (Å²) < 4.78 is 18.0. The predicted octanol–water partition coefficient (Wildman–Crippen LogP) is 3.51. The van der Waals surface area contributed by atoms with Crippen molar-refractivity contribution in [2.45, 2.75) is 6.54 Å². The Morgan fingerprint density at radius 3 is 2.71 bits per heavy atom. The lowest BCUT2D eigenvalue weighted by Gasteiger charge is -2.16. The molecule has 11 heteroatoms. The maximum absolute atomic E-state index is 13.3. The Morgan fingerprint density at radius 2 is 2.00 bits per heavy atom. The van der Waals surface area contributed by atoms with Gasteiger partial charge in [0.1, 0.15) is 5.82 Å². The van der Waals surface area contributed by atoms with E-state index < -0.39 is 17.7 Å². The maximum atomic E-state index is 13.3. The highest BCUT2D eigenvalue weighted by Gasteiger charge is 2.23. The van der Waals surface area contributed by atoms with Gasteiger partial charge in [0.2, 0.25) is 5.82 Å². The summed E-state index contributed by atoms with van der Waals surface area (Å²) in [6.45, 7) is 0.278. The molecule has 0 aliphatic carbocycles. The molecule has 0 saturated heterocycles. The molecule has 2 aromatic carbocycles. The molecule has 0 aliphatic heterocycles. The van der Waals surface area contributed by atoms with Crippen LogP contribution in [0.1, 0.15) is 11.3 Å². The summed E-state index contributed by atoms with van der Waals surface area (Å²) in [6, 6.07) is 12.3. The van der Waals surface area contributed by atoms with Crippen molar-refractivity contribution >= 4 is 39.3 Å². The summed E-state index contributed by atoms with van der Waals surface area (Å²) in [6.07, 6.45) is 0. The van der Waals surface area contributed by atoms with E-state index in [1.165, 1.54) is 12.1 Å². The van der Waals surface area contributed by atoms with Crippen molar-refractivity contribution in [3.8, 4) is 0 Å². The number of amidine groups is 1. The molecule has 0 atom stereocenters. The van der Waals surface area contributed by atoms with Gasteiger partial charge in [0.15, 0.2) is 11.5 Å². The monoisotopic (exact) mass is 448 g/mol. The van der Waals surface area contributed by atoms with Crippen LogP contribution in [-0.4, -0.2) is 27.4 Å². The normalized spacial score (nSPS) is 10.4. The third-order valence-electron chi connectivity index (χ3n) is 3.60. The van der Waals surface area contributed by atoms with E-state index in [9.17, 15) is 14.4 Å². The molecule has 0 fully saturated rings. The van der Waals surface area contributed by atoms with E-state index in [0.717, 1.165) is 11.6 Å². The van der Waals surface area contributed by atoms with Crippen LogP contribution in [0.15, 0.2) is 57.6 Å². The fourth-order valence-electron chi connectivity index (χ4n) is 2.20. The molecule has 0 spiro atoms. The first-order chi connectivity index (χ1) is 13.5. The van der Waals surface area contributed by atoms with Crippen LogP contribution < -0.4 is 15.7 Å². The minimum absolute atomic E-state index is 0.0979. The molecule has 0 unspecified atom stereocenters. The Balaban J connectivity index is 1.67. The Kier molecular flexibility index (Phi) is 5.96. The van der Waals surface area contributed by atoms with Crippen molar-refractivity contribution in [3.05, 3.63) is 70.1 Å². The summed E-state index contributed by atoms with van der Waals surface area (Å²) >= 11 is 3.00. The number of hydrogen-bond acceptors (Lipinski definition) is 6. The van der Waals surface area contributed by atoms with Gasteiger partial charge < -0.3 is 5.32 Å². The Morgan fingerprint density at radius 1 is 1.25 bits per heavy atom. The number of hydroxylamine groups is 1. The van der Waals surface area contributed by atoms with Gasteiger partial charge in [0.05, 0.1) is 10.2 Å². The van der Waals surface area contributed by atoms with E-state index in [-0.39, 0.29) is 28.2 Å². The minimum atomic E-state index is -0.595. The number of urea groups is 1. The molecule has 3 rings (SSSR count). The van der Waals surface area contributed by atoms with Gasteiger partial charge in [0, 0.05) is 6.54 Å². The number of carbonyl (C=O) groups excluding carboxylic acids is 1. The van der Waals surface area contributed by atoms with E-state index in [0.29, 0.717) is 5.06 Å². The second-order valence-corrected chi connectivity index (χ2v) is 6.37. The summed E-state index contributed by atoms with van der Waals surface area (Å²) in [5.41, 5.74) is 0.783. The molecule has 28 heavy (non-hydrogen) atoms. The van der Waals surface area contributed by atoms with E-state index in [1.807, 2.05) is 30.3 Å². The average molecular weight is 449 g/mol. The van der Waals surface area contributed by atoms with Crippen LogP contribution in [-0.2, 0) is 6.54 Å². The van der Waals surface area contributed by atoms with Crippen LogP contribution in [0.2, 0.25) is 0 Å². The molecule has 9 nitrogen and oxygen atoms in total. The topological polar surface area (TPSA) is 127 Å². The van der Waals surface area contributed by atoms with E-state index in [4.69, 9.17) is 5.41 Å².